The molecule has 0 saturated heterocycles. The lowest BCUT2D eigenvalue weighted by Crippen LogP contribution is -2.43. The van der Waals surface area contributed by atoms with Crippen molar-refractivity contribution in [2.75, 3.05) is 25.2 Å². The van der Waals surface area contributed by atoms with Crippen LogP contribution < -0.4 is 14.4 Å². The van der Waals surface area contributed by atoms with Crippen LogP contribution >= 0.6 is 23.2 Å². The van der Waals surface area contributed by atoms with Crippen LogP contribution in [-0.2, 0) is 20.5 Å². The highest BCUT2D eigenvalue weighted by Crippen LogP contribution is 2.46. The minimum atomic E-state index is -1.05. The summed E-state index contributed by atoms with van der Waals surface area (Å²) in [5.74, 6) is 0.0311. The van der Waals surface area contributed by atoms with Crippen molar-refractivity contribution in [3.05, 3.63) is 92.0 Å². The highest BCUT2D eigenvalue weighted by molar-refractivity contribution is 6.35. The Bertz CT molecular complexity index is 2430. The number of methoxy groups -OCH3 is 1. The van der Waals surface area contributed by atoms with Crippen molar-refractivity contribution in [2.45, 2.75) is 53.5 Å². The largest absolute Gasteiger partial charge is 0.497 e. The summed E-state index contributed by atoms with van der Waals surface area (Å²) in [6.45, 7) is 10.8. The Hall–Kier alpha value is -4.93. The molecule has 6 aromatic rings. The second-order valence-corrected chi connectivity index (χ2v) is 14.5. The Morgan fingerprint density at radius 1 is 0.981 bits per heavy atom. The predicted octanol–water partition coefficient (Wildman–Crippen LogP) is 9.01. The molecule has 1 aliphatic rings. The number of amides is 1. The van der Waals surface area contributed by atoms with Gasteiger partial charge >= 0.3 is 5.97 Å². The zero-order chi connectivity index (χ0) is 37.3. The van der Waals surface area contributed by atoms with Gasteiger partial charge < -0.3 is 28.6 Å². The van der Waals surface area contributed by atoms with Crippen molar-refractivity contribution >= 4 is 62.6 Å². The Kier molecular flexibility index (Phi) is 9.03. The van der Waals surface area contributed by atoms with E-state index in [4.69, 9.17) is 37.8 Å². The smallest absolute Gasteiger partial charge is 0.352 e. The van der Waals surface area contributed by atoms with Crippen molar-refractivity contribution in [1.29, 1.82) is 0 Å². The molecule has 0 saturated carbocycles. The third-order valence-corrected chi connectivity index (χ3v) is 11.3. The van der Waals surface area contributed by atoms with Gasteiger partial charge in [0.15, 0.2) is 0 Å². The fourth-order valence-electron chi connectivity index (χ4n) is 7.92. The Labute approximate surface area is 312 Å². The molecule has 1 amide bonds. The molecule has 52 heavy (non-hydrogen) atoms. The molecule has 1 N–H and O–H groups in total. The Balaban J connectivity index is 1.40. The van der Waals surface area contributed by atoms with Gasteiger partial charge in [0.1, 0.15) is 22.9 Å². The Morgan fingerprint density at radius 2 is 1.69 bits per heavy atom. The monoisotopic (exact) mass is 741 g/mol. The summed E-state index contributed by atoms with van der Waals surface area (Å²) >= 11 is 13.5. The van der Waals surface area contributed by atoms with Gasteiger partial charge in [-0.25, -0.2) is 4.79 Å². The molecule has 3 aromatic carbocycles. The van der Waals surface area contributed by atoms with Crippen LogP contribution in [0.2, 0.25) is 10.0 Å². The first-order valence-corrected chi connectivity index (χ1v) is 18.0. The number of carbonyl (C=O) groups is 2. The van der Waals surface area contributed by atoms with Crippen LogP contribution in [0, 0.1) is 27.7 Å². The summed E-state index contributed by atoms with van der Waals surface area (Å²) in [5, 5.41) is 17.6. The number of hydrogen-bond donors (Lipinski definition) is 1. The molecule has 7 rings (SSSR count). The maximum atomic E-state index is 15.1. The van der Waals surface area contributed by atoms with Crippen molar-refractivity contribution in [3.8, 4) is 22.6 Å². The number of aromatic nitrogens is 4. The minimum Gasteiger partial charge on any atom is -0.497 e. The van der Waals surface area contributed by atoms with Crippen LogP contribution in [0.25, 0.3) is 32.9 Å². The number of carboxylic acid groups (broad SMARTS) is 1. The number of aryl methyl sites for hydroxylation is 6. The van der Waals surface area contributed by atoms with Gasteiger partial charge in [-0.3, -0.25) is 9.48 Å². The van der Waals surface area contributed by atoms with Gasteiger partial charge in [-0.1, -0.05) is 29.3 Å². The lowest BCUT2D eigenvalue weighted by atomic mass is 9.98. The second-order valence-electron chi connectivity index (χ2n) is 13.8. The van der Waals surface area contributed by atoms with Gasteiger partial charge in [-0.2, -0.15) is 5.10 Å². The number of benzene rings is 3. The van der Waals surface area contributed by atoms with E-state index in [-0.39, 0.29) is 17.6 Å². The van der Waals surface area contributed by atoms with Gasteiger partial charge in [0, 0.05) is 65.4 Å². The molecule has 3 aromatic heterocycles. The van der Waals surface area contributed by atoms with E-state index in [9.17, 15) is 9.90 Å². The summed E-state index contributed by atoms with van der Waals surface area (Å²) in [7, 11) is 5.18. The number of hydrogen-bond acceptors (Lipinski definition) is 5. The van der Waals surface area contributed by atoms with Gasteiger partial charge in [-0.05, 0) is 94.5 Å². The second kappa shape index (κ2) is 13.2. The predicted molar refractivity (Wildman–Crippen MR) is 206 cm³/mol. The van der Waals surface area contributed by atoms with Crippen molar-refractivity contribution in [2.24, 2.45) is 14.1 Å². The first-order valence-electron chi connectivity index (χ1n) is 17.2. The summed E-state index contributed by atoms with van der Waals surface area (Å²) in [5.41, 5.74) is 9.22. The maximum Gasteiger partial charge on any atom is 0.352 e. The quantitative estimate of drug-likeness (QED) is 0.148. The zero-order valence-corrected chi connectivity index (χ0v) is 32.0. The summed E-state index contributed by atoms with van der Waals surface area (Å²) in [4.78, 5) is 29.1. The van der Waals surface area contributed by atoms with Crippen LogP contribution in [0.15, 0.2) is 42.5 Å². The van der Waals surface area contributed by atoms with Gasteiger partial charge in [0.25, 0.3) is 5.91 Å². The third kappa shape index (κ3) is 5.60. The molecular weight excluding hydrogens is 701 g/mol. The molecule has 10 nitrogen and oxygen atoms in total. The van der Waals surface area contributed by atoms with Crippen LogP contribution in [-0.4, -0.2) is 56.2 Å². The fraction of sp³-hybridized carbons (Fsp3) is 0.325. The number of anilines is 1. The highest BCUT2D eigenvalue weighted by Gasteiger charge is 2.38. The van der Waals surface area contributed by atoms with Gasteiger partial charge in [-0.15, -0.1) is 0 Å². The highest BCUT2D eigenvalue weighted by atomic mass is 35.5. The molecule has 0 unspecified atom stereocenters. The van der Waals surface area contributed by atoms with Crippen molar-refractivity contribution in [3.63, 3.8) is 0 Å². The molecule has 12 heteroatoms. The van der Waals surface area contributed by atoms with E-state index in [1.54, 1.807) is 35.8 Å². The molecule has 0 fully saturated rings. The van der Waals surface area contributed by atoms with Crippen LogP contribution in [0.3, 0.4) is 0 Å². The lowest BCUT2D eigenvalue weighted by molar-refractivity contribution is 0.0687. The molecule has 0 aliphatic carbocycles. The normalized spacial score (nSPS) is 14.5. The van der Waals surface area contributed by atoms with E-state index >= 15 is 4.79 Å². The minimum absolute atomic E-state index is 0.115. The fourth-order valence-corrected chi connectivity index (χ4v) is 8.28. The van der Waals surface area contributed by atoms with Gasteiger partial charge in [0.2, 0.25) is 0 Å². The van der Waals surface area contributed by atoms with Crippen LogP contribution in [0.4, 0.5) is 5.69 Å². The van der Waals surface area contributed by atoms with Crippen molar-refractivity contribution < 1.29 is 24.2 Å². The van der Waals surface area contributed by atoms with E-state index in [1.165, 1.54) is 0 Å². The van der Waals surface area contributed by atoms with E-state index in [2.05, 4.69) is 11.5 Å². The third-order valence-electron chi connectivity index (χ3n) is 10.4. The topological polar surface area (TPSA) is 104 Å². The SMILES string of the molecule is COc1cc(N2C[C@@H](C)n3c(c(CCCOc4cc(C)c(Cl)c(C)c4)c4ccc(Cl)c(-c5c(C)nn(C)c5C)c43)C2=O)c2c(c1)cc(C(=O)O)n2C. The number of fused-ring (bicyclic) bond motifs is 4. The molecule has 0 bridgehead atoms. The lowest BCUT2D eigenvalue weighted by Gasteiger charge is -2.35. The Morgan fingerprint density at radius 3 is 2.33 bits per heavy atom. The van der Waals surface area contributed by atoms with E-state index < -0.39 is 5.97 Å². The maximum absolute atomic E-state index is 15.1. The number of carboxylic acids is 1. The van der Waals surface area contributed by atoms with Gasteiger partial charge in [0.05, 0.1) is 41.2 Å². The first kappa shape index (κ1) is 35.5. The van der Waals surface area contributed by atoms with Crippen LogP contribution in [0.1, 0.15) is 68.4 Å². The molecular formula is C40H41Cl2N5O5. The van der Waals surface area contributed by atoms with Crippen molar-refractivity contribution in [1.82, 2.24) is 18.9 Å². The average Bonchev–Trinajstić information content (AvgIpc) is 3.71. The van der Waals surface area contributed by atoms with Crippen LogP contribution in [0.5, 0.6) is 11.5 Å². The molecule has 1 atom stereocenters. The number of rotatable bonds is 9. The number of nitrogens with zero attached hydrogens (tertiary/aromatic N) is 5. The molecule has 4 heterocycles. The number of ether oxygens (including phenoxy) is 2. The standard InChI is InChI=1S/C40H41Cl2N5O5/c1-20-14-27(15-21(2)35(20)42)52-13-9-10-28-29-11-12-30(41)34(33-23(4)43-45(7)24(33)5)37(29)47-22(3)19-46(39(48)38(28)47)31-18-26(51-8)16-25-17-32(40(49)50)44(6)36(25)31/h11-12,14-18,22H,9-10,13,19H2,1-8H3,(H,49,50)/t22-/m1/s1. The summed E-state index contributed by atoms with van der Waals surface area (Å²) in [6, 6.07) is 12.8. The molecule has 270 valence electrons. The number of carbonyl (C=O) groups excluding carboxylic acids is 1. The summed E-state index contributed by atoms with van der Waals surface area (Å²) < 4.78 is 17.5. The molecule has 0 spiro atoms. The molecule has 1 aliphatic heterocycles. The first-order chi connectivity index (χ1) is 24.7. The number of halogens is 2. The zero-order valence-electron chi connectivity index (χ0n) is 30.5. The molecule has 0 radical (unpaired) electrons. The summed E-state index contributed by atoms with van der Waals surface area (Å²) in [6.07, 6.45) is 1.20. The number of aromatic carboxylic acids is 1. The average molecular weight is 743 g/mol. The van der Waals surface area contributed by atoms with E-state index in [1.807, 2.05) is 69.8 Å². The van der Waals surface area contributed by atoms with E-state index in [0.717, 1.165) is 60.9 Å². The van der Waals surface area contributed by atoms with E-state index in [0.29, 0.717) is 59.0 Å².